The molecule has 0 unspecified atom stereocenters. The van der Waals surface area contributed by atoms with Gasteiger partial charge in [0, 0.05) is 43.3 Å². The topological polar surface area (TPSA) is 68.1 Å². The molecule has 30 heavy (non-hydrogen) atoms. The second-order valence-corrected chi connectivity index (χ2v) is 9.33. The molecule has 1 N–H and O–H groups in total. The van der Waals surface area contributed by atoms with Crippen LogP contribution in [0.2, 0.25) is 0 Å². The molecule has 0 spiro atoms. The first-order valence-electron chi connectivity index (χ1n) is 11.1. The number of thiophene rings is 1. The van der Waals surface area contributed by atoms with Gasteiger partial charge in [0.2, 0.25) is 0 Å². The summed E-state index contributed by atoms with van der Waals surface area (Å²) < 4.78 is 7.40. The van der Waals surface area contributed by atoms with Crippen LogP contribution in [0.25, 0.3) is 10.2 Å². The van der Waals surface area contributed by atoms with Crippen LogP contribution in [0.3, 0.4) is 0 Å². The molecule has 0 amide bonds. The van der Waals surface area contributed by atoms with Crippen molar-refractivity contribution in [2.45, 2.75) is 52.1 Å². The Labute approximate surface area is 181 Å². The van der Waals surface area contributed by atoms with Crippen LogP contribution in [0.4, 0.5) is 5.82 Å². The molecule has 160 valence electrons. The highest BCUT2D eigenvalue weighted by Gasteiger charge is 2.22. The zero-order valence-corrected chi connectivity index (χ0v) is 18.7. The Balaban J connectivity index is 1.49. The van der Waals surface area contributed by atoms with E-state index in [0.29, 0.717) is 0 Å². The Morgan fingerprint density at radius 3 is 2.83 bits per heavy atom. The van der Waals surface area contributed by atoms with Crippen LogP contribution in [0, 0.1) is 0 Å². The van der Waals surface area contributed by atoms with Gasteiger partial charge in [0.1, 0.15) is 16.5 Å². The van der Waals surface area contributed by atoms with Gasteiger partial charge in [-0.1, -0.05) is 6.92 Å². The van der Waals surface area contributed by atoms with Crippen LogP contribution in [-0.4, -0.2) is 51.0 Å². The van der Waals surface area contributed by atoms with Crippen molar-refractivity contribution < 1.29 is 4.74 Å². The van der Waals surface area contributed by atoms with Crippen molar-refractivity contribution in [3.63, 3.8) is 0 Å². The summed E-state index contributed by atoms with van der Waals surface area (Å²) in [4.78, 5) is 15.1. The molecular formula is C22H30N6OS. The molecule has 0 aromatic carbocycles. The molecule has 5 rings (SSSR count). The minimum atomic E-state index is 0.741. The highest BCUT2D eigenvalue weighted by Crippen LogP contribution is 2.38. The molecule has 0 bridgehead atoms. The lowest BCUT2D eigenvalue weighted by atomic mass is 9.97. The second-order valence-electron chi connectivity index (χ2n) is 8.25. The average Bonchev–Trinajstić information content (AvgIpc) is 3.32. The molecule has 7 nitrogen and oxygen atoms in total. The number of rotatable bonds is 6. The highest BCUT2D eigenvalue weighted by molar-refractivity contribution is 7.19. The Bertz CT molecular complexity index is 1040. The van der Waals surface area contributed by atoms with Gasteiger partial charge in [-0.05, 0) is 37.7 Å². The minimum Gasteiger partial charge on any atom is -0.379 e. The largest absolute Gasteiger partial charge is 0.379 e. The van der Waals surface area contributed by atoms with Gasteiger partial charge in [0.25, 0.3) is 0 Å². The Hall–Kier alpha value is -2.03. The van der Waals surface area contributed by atoms with Crippen molar-refractivity contribution in [2.24, 2.45) is 7.05 Å². The number of nitrogens with zero attached hydrogens (tertiary/aromatic N) is 5. The molecule has 3 aromatic heterocycles. The maximum Gasteiger partial charge on any atom is 0.146 e. The summed E-state index contributed by atoms with van der Waals surface area (Å²) in [5, 5.41) is 9.50. The van der Waals surface area contributed by atoms with Crippen molar-refractivity contribution in [2.75, 3.05) is 31.6 Å². The maximum atomic E-state index is 5.50. The average molecular weight is 427 g/mol. The minimum absolute atomic E-state index is 0.741. The van der Waals surface area contributed by atoms with Gasteiger partial charge in [0.15, 0.2) is 0 Å². The molecule has 3 aromatic rings. The van der Waals surface area contributed by atoms with Gasteiger partial charge < -0.3 is 10.1 Å². The number of morpholine rings is 1. The molecule has 2 aliphatic rings. The summed E-state index contributed by atoms with van der Waals surface area (Å²) in [6, 6.07) is 0. The molecule has 0 radical (unpaired) electrons. The van der Waals surface area contributed by atoms with Crippen LogP contribution in [0.15, 0.2) is 6.20 Å². The molecular weight excluding hydrogens is 396 g/mol. The van der Waals surface area contributed by atoms with Gasteiger partial charge in [-0.25, -0.2) is 9.97 Å². The van der Waals surface area contributed by atoms with E-state index in [0.717, 1.165) is 74.4 Å². The lowest BCUT2D eigenvalue weighted by Gasteiger charge is -2.25. The smallest absolute Gasteiger partial charge is 0.146 e. The first kappa shape index (κ1) is 19.9. The summed E-state index contributed by atoms with van der Waals surface area (Å²) in [6.45, 7) is 7.16. The molecule has 0 atom stereocenters. The molecule has 0 saturated carbocycles. The normalized spacial score (nSPS) is 17.4. The molecule has 1 aliphatic carbocycles. The molecule has 8 heteroatoms. The fourth-order valence-electron chi connectivity index (χ4n) is 4.57. The summed E-state index contributed by atoms with van der Waals surface area (Å²) in [7, 11) is 1.99. The van der Waals surface area contributed by atoms with E-state index < -0.39 is 0 Å². The Kier molecular flexibility index (Phi) is 5.71. The highest BCUT2D eigenvalue weighted by atomic mass is 32.1. The monoisotopic (exact) mass is 426 g/mol. The van der Waals surface area contributed by atoms with E-state index in [2.05, 4.69) is 28.4 Å². The summed E-state index contributed by atoms with van der Waals surface area (Å²) in [5.74, 6) is 1.90. The summed E-state index contributed by atoms with van der Waals surface area (Å²) >= 11 is 1.87. The number of aryl methyl sites for hydroxylation is 4. The SMILES string of the molecule is CCc1nn(C)cc1CNc1nc(CN2CCOCC2)nc2sc3c(c12)CCCC3. The number of nitrogens with one attached hydrogen (secondary N) is 1. The molecule has 1 fully saturated rings. The number of hydrogen-bond acceptors (Lipinski definition) is 7. The van der Waals surface area contributed by atoms with Crippen molar-refractivity contribution in [3.8, 4) is 0 Å². The van der Waals surface area contributed by atoms with Crippen molar-refractivity contribution >= 4 is 27.4 Å². The fourth-order valence-corrected chi connectivity index (χ4v) is 5.85. The lowest BCUT2D eigenvalue weighted by Crippen LogP contribution is -2.36. The predicted octanol–water partition coefficient (Wildman–Crippen LogP) is 3.31. The first-order chi connectivity index (χ1) is 14.7. The van der Waals surface area contributed by atoms with Crippen molar-refractivity contribution in [1.29, 1.82) is 0 Å². The van der Waals surface area contributed by atoms with Crippen LogP contribution < -0.4 is 5.32 Å². The van der Waals surface area contributed by atoms with E-state index in [4.69, 9.17) is 14.7 Å². The third-order valence-corrected chi connectivity index (χ3v) is 7.29. The van der Waals surface area contributed by atoms with Gasteiger partial charge in [0.05, 0.1) is 30.8 Å². The van der Waals surface area contributed by atoms with E-state index in [9.17, 15) is 0 Å². The number of ether oxygens (including phenoxy) is 1. The third-order valence-electron chi connectivity index (χ3n) is 6.10. The van der Waals surface area contributed by atoms with Crippen LogP contribution >= 0.6 is 11.3 Å². The quantitative estimate of drug-likeness (QED) is 0.652. The van der Waals surface area contributed by atoms with Crippen molar-refractivity contribution in [1.82, 2.24) is 24.6 Å². The third kappa shape index (κ3) is 3.96. The molecule has 1 aliphatic heterocycles. The van der Waals surface area contributed by atoms with Crippen molar-refractivity contribution in [3.05, 3.63) is 33.7 Å². The van der Waals surface area contributed by atoms with E-state index in [1.54, 1.807) is 0 Å². The van der Waals surface area contributed by atoms with E-state index in [1.807, 2.05) is 23.1 Å². The summed E-state index contributed by atoms with van der Waals surface area (Å²) in [6.07, 6.45) is 7.91. The standard InChI is InChI=1S/C22H30N6OS/c1-3-17-15(13-27(2)26-17)12-23-21-20-16-6-4-5-7-18(16)30-22(20)25-19(24-21)14-28-8-10-29-11-9-28/h13H,3-12,14H2,1-2H3,(H,23,24,25). The van der Waals surface area contributed by atoms with E-state index in [1.165, 1.54) is 40.7 Å². The zero-order valence-electron chi connectivity index (χ0n) is 17.9. The zero-order chi connectivity index (χ0) is 20.5. The number of aromatic nitrogens is 4. The fraction of sp³-hybridized carbons (Fsp3) is 0.591. The Morgan fingerprint density at radius 1 is 1.17 bits per heavy atom. The van der Waals surface area contributed by atoms with Gasteiger partial charge in [-0.2, -0.15) is 5.10 Å². The van der Waals surface area contributed by atoms with Gasteiger partial charge >= 0.3 is 0 Å². The Morgan fingerprint density at radius 2 is 2.00 bits per heavy atom. The van der Waals surface area contributed by atoms with Gasteiger partial charge in [-0.3, -0.25) is 9.58 Å². The van der Waals surface area contributed by atoms with Crippen LogP contribution in [0.5, 0.6) is 0 Å². The second kappa shape index (κ2) is 8.61. The lowest BCUT2D eigenvalue weighted by molar-refractivity contribution is 0.0331. The predicted molar refractivity (Wildman–Crippen MR) is 120 cm³/mol. The van der Waals surface area contributed by atoms with E-state index >= 15 is 0 Å². The maximum absolute atomic E-state index is 5.50. The van der Waals surface area contributed by atoms with Crippen LogP contribution in [-0.2, 0) is 44.1 Å². The molecule has 4 heterocycles. The number of fused-ring (bicyclic) bond motifs is 3. The van der Waals surface area contributed by atoms with Gasteiger partial charge in [-0.15, -0.1) is 11.3 Å². The van der Waals surface area contributed by atoms with E-state index in [-0.39, 0.29) is 0 Å². The summed E-state index contributed by atoms with van der Waals surface area (Å²) in [5.41, 5.74) is 3.87. The number of anilines is 1. The molecule has 1 saturated heterocycles. The number of hydrogen-bond donors (Lipinski definition) is 1. The van der Waals surface area contributed by atoms with Crippen LogP contribution in [0.1, 0.15) is 47.3 Å². The first-order valence-corrected chi connectivity index (χ1v) is 11.9.